The second-order valence-electron chi connectivity index (χ2n) is 11.7. The molecule has 0 aromatic carbocycles. The fraction of sp³-hybridized carbons (Fsp3) is 0.583. The van der Waals surface area contributed by atoms with E-state index >= 15 is 8.78 Å². The molecule has 250 valence electrons. The number of amides is 3. The van der Waals surface area contributed by atoms with Crippen LogP contribution in [-0.2, 0) is 10.9 Å². The lowest BCUT2D eigenvalue weighted by Gasteiger charge is -2.58. The van der Waals surface area contributed by atoms with Crippen LogP contribution in [0, 0.1) is 5.41 Å². The van der Waals surface area contributed by atoms with Gasteiger partial charge in [-0.2, -0.15) is 31.4 Å². The van der Waals surface area contributed by atoms with Crippen LogP contribution in [0.1, 0.15) is 66.2 Å². The number of halogens is 8. The van der Waals surface area contributed by atoms with Crippen LogP contribution in [-0.4, -0.2) is 110 Å². The Morgan fingerprint density at radius 3 is 2.35 bits per heavy atom. The van der Waals surface area contributed by atoms with E-state index in [-0.39, 0.29) is 16.9 Å². The van der Waals surface area contributed by atoms with Gasteiger partial charge in [0.25, 0.3) is 11.8 Å². The minimum Gasteiger partial charge on any atom is -0.382 e. The molecule has 24 heteroatoms. The van der Waals surface area contributed by atoms with E-state index in [2.05, 4.69) is 30.3 Å². The third kappa shape index (κ3) is 6.58. The average Bonchev–Trinajstić information content (AvgIpc) is 3.60. The molecule has 48 heavy (non-hydrogen) atoms. The van der Waals surface area contributed by atoms with Gasteiger partial charge in [0, 0.05) is 23.3 Å². The molecule has 0 spiro atoms. The minimum absolute atomic E-state index is 0.0449. The minimum atomic E-state index is -5.15. The van der Waals surface area contributed by atoms with Crippen molar-refractivity contribution in [1.29, 1.82) is 0 Å². The van der Waals surface area contributed by atoms with Gasteiger partial charge in [-0.05, 0) is 29.2 Å². The molecular formula is C24H22B4F8N8O4. The number of carbonyl (C=O) groups is 2. The quantitative estimate of drug-likeness (QED) is 0.246. The number of hydrogen-bond donors (Lipinski definition) is 2. The highest BCUT2D eigenvalue weighted by atomic mass is 19.4. The molecule has 3 aromatic heterocycles. The molecule has 0 unspecified atom stereocenters. The number of fused-ring (bicyclic) bond motifs is 1. The van der Waals surface area contributed by atoms with Gasteiger partial charge in [-0.15, -0.1) is 0 Å². The number of nitrogens with one attached hydrogen (secondary N) is 2. The van der Waals surface area contributed by atoms with Crippen LogP contribution >= 0.6 is 0 Å². The maximum atomic E-state index is 15.2. The van der Waals surface area contributed by atoms with Gasteiger partial charge < -0.3 is 20.3 Å². The number of hydrogen-bond acceptors (Lipinski definition) is 8. The van der Waals surface area contributed by atoms with Crippen molar-refractivity contribution in [2.24, 2.45) is 5.41 Å². The number of urea groups is 1. The van der Waals surface area contributed by atoms with Gasteiger partial charge >= 0.3 is 18.4 Å². The summed E-state index contributed by atoms with van der Waals surface area (Å²) in [6.07, 6.45) is -8.76. The van der Waals surface area contributed by atoms with Gasteiger partial charge in [0.1, 0.15) is 0 Å². The molecule has 12 nitrogen and oxygen atoms in total. The van der Waals surface area contributed by atoms with Crippen molar-refractivity contribution in [3.05, 3.63) is 41.1 Å². The van der Waals surface area contributed by atoms with E-state index in [0.29, 0.717) is 4.90 Å². The van der Waals surface area contributed by atoms with Gasteiger partial charge in [-0.1, -0.05) is 13.8 Å². The topological polar surface area (TPSA) is 140 Å². The second kappa shape index (κ2) is 12.2. The SMILES string of the molecule is [B]C1([B])NC(=O)N([C@H](COC)c2cnn3cc([C@H](CCC(C)(C)C(F)(F)F)NC(=O)c4nonc4C(F)(F)F)nc3c2)C([B])([B])C1(F)F. The first kappa shape index (κ1) is 37.0. The van der Waals surface area contributed by atoms with Crippen molar-refractivity contribution < 1.29 is 54.1 Å². The van der Waals surface area contributed by atoms with E-state index in [4.69, 9.17) is 36.1 Å². The van der Waals surface area contributed by atoms with Gasteiger partial charge in [0.05, 0.1) is 73.6 Å². The van der Waals surface area contributed by atoms with Crippen molar-refractivity contribution in [3.63, 3.8) is 0 Å². The third-order valence-electron chi connectivity index (χ3n) is 7.79. The van der Waals surface area contributed by atoms with Gasteiger partial charge in [-0.3, -0.25) is 4.79 Å². The molecule has 1 fully saturated rings. The van der Waals surface area contributed by atoms with Gasteiger partial charge in [0.2, 0.25) is 11.4 Å². The third-order valence-corrected chi connectivity index (χ3v) is 7.79. The van der Waals surface area contributed by atoms with Gasteiger partial charge in [0.15, 0.2) is 5.65 Å². The lowest BCUT2D eigenvalue weighted by molar-refractivity contribution is -0.214. The molecule has 0 saturated carbocycles. The number of methoxy groups -OCH3 is 1. The summed E-state index contributed by atoms with van der Waals surface area (Å²) in [5.41, 5.74) is -5.70. The van der Waals surface area contributed by atoms with E-state index in [1.165, 1.54) is 13.2 Å². The molecule has 3 amide bonds. The number of aromatic nitrogens is 5. The van der Waals surface area contributed by atoms with E-state index in [1.807, 2.05) is 0 Å². The van der Waals surface area contributed by atoms with Crippen LogP contribution in [0.2, 0.25) is 0 Å². The van der Waals surface area contributed by atoms with Crippen molar-refractivity contribution in [1.82, 2.24) is 40.4 Å². The van der Waals surface area contributed by atoms with Crippen molar-refractivity contribution in [2.75, 3.05) is 13.7 Å². The summed E-state index contributed by atoms with van der Waals surface area (Å²) in [4.78, 5) is 30.4. The van der Waals surface area contributed by atoms with Crippen LogP contribution in [0.15, 0.2) is 23.1 Å². The Morgan fingerprint density at radius 2 is 1.77 bits per heavy atom. The van der Waals surface area contributed by atoms with Crippen LogP contribution in [0.3, 0.4) is 0 Å². The maximum absolute atomic E-state index is 15.2. The Kier molecular flexibility index (Phi) is 9.43. The largest absolute Gasteiger partial charge is 0.439 e. The predicted molar refractivity (Wildman–Crippen MR) is 150 cm³/mol. The van der Waals surface area contributed by atoms with Crippen molar-refractivity contribution in [2.45, 2.75) is 67.7 Å². The lowest BCUT2D eigenvalue weighted by atomic mass is 9.43. The molecular weight excluding hydrogens is 660 g/mol. The molecule has 0 bridgehead atoms. The van der Waals surface area contributed by atoms with Crippen LogP contribution in [0.5, 0.6) is 0 Å². The standard InChI is InChI=1S/C24H22B4F8N8O4/c1-19(2,24(34,35)36)5-4-11(39-17(45)15-16(20(29,30)31)42-48-41-15)12-8-43-14(38-12)6-10(7-37-43)13(9-47-3)44-18(46)40-22(25,26)21(32,33)23(44,27)28/h6-8,11,13H,4-5,9H2,1-3H3,(H,39,45)(H,40,46)/t11-,13+/m0/s1. The lowest BCUT2D eigenvalue weighted by Crippen LogP contribution is -2.83. The van der Waals surface area contributed by atoms with E-state index in [0.717, 1.165) is 30.8 Å². The summed E-state index contributed by atoms with van der Waals surface area (Å²) in [5, 5.41) is 7.21. The van der Waals surface area contributed by atoms with Crippen LogP contribution in [0.25, 0.3) is 5.65 Å². The average molecular weight is 682 g/mol. The molecule has 4 heterocycles. The zero-order valence-electron chi connectivity index (χ0n) is 25.2. The van der Waals surface area contributed by atoms with Crippen molar-refractivity contribution in [3.8, 4) is 0 Å². The monoisotopic (exact) mass is 682 g/mol. The highest BCUT2D eigenvalue weighted by Crippen LogP contribution is 2.44. The molecule has 4 rings (SSSR count). The summed E-state index contributed by atoms with van der Waals surface area (Å²) in [7, 11) is 23.4. The van der Waals surface area contributed by atoms with Crippen LogP contribution < -0.4 is 10.6 Å². The molecule has 2 N–H and O–H groups in total. The Balaban J connectivity index is 1.74. The second-order valence-corrected chi connectivity index (χ2v) is 11.7. The number of ether oxygens (including phenoxy) is 1. The summed E-state index contributed by atoms with van der Waals surface area (Å²) >= 11 is 0. The first-order valence-corrected chi connectivity index (χ1v) is 13.6. The fourth-order valence-electron chi connectivity index (χ4n) is 4.79. The zero-order chi connectivity index (χ0) is 36.3. The summed E-state index contributed by atoms with van der Waals surface area (Å²) in [6, 6.07) is -3.06. The highest BCUT2D eigenvalue weighted by molar-refractivity contribution is 6.48. The Morgan fingerprint density at radius 1 is 1.12 bits per heavy atom. The normalized spacial score (nSPS) is 19.1. The molecule has 1 saturated heterocycles. The first-order valence-electron chi connectivity index (χ1n) is 13.6. The Bertz CT molecular complexity index is 1680. The molecule has 2 atom stereocenters. The number of imidazole rings is 1. The molecule has 1 aliphatic heterocycles. The molecule has 1 aliphatic rings. The number of nitrogens with zero attached hydrogens (tertiary/aromatic N) is 6. The number of alkyl halides is 8. The van der Waals surface area contributed by atoms with Crippen molar-refractivity contribution >= 4 is 49.0 Å². The Labute approximate surface area is 271 Å². The summed E-state index contributed by atoms with van der Waals surface area (Å²) in [5.74, 6) is -5.82. The molecule has 3 aromatic rings. The summed E-state index contributed by atoms with van der Waals surface area (Å²) < 4.78 is 121. The Hall–Kier alpha value is -3.84. The molecule has 8 radical (unpaired) electrons. The number of carbonyl (C=O) groups excluding carboxylic acids is 2. The predicted octanol–water partition coefficient (Wildman–Crippen LogP) is 2.30. The summed E-state index contributed by atoms with van der Waals surface area (Å²) in [6.45, 7) is 1.28. The van der Waals surface area contributed by atoms with Crippen LogP contribution in [0.4, 0.5) is 39.9 Å². The van der Waals surface area contributed by atoms with E-state index < -0.39 is 89.2 Å². The fourth-order valence-corrected chi connectivity index (χ4v) is 4.79. The zero-order valence-corrected chi connectivity index (χ0v) is 25.2. The highest BCUT2D eigenvalue weighted by Gasteiger charge is 2.64. The number of rotatable bonds is 10. The smallest absolute Gasteiger partial charge is 0.382 e. The first-order chi connectivity index (χ1) is 21.9. The van der Waals surface area contributed by atoms with E-state index in [9.17, 15) is 35.9 Å². The van der Waals surface area contributed by atoms with Gasteiger partial charge in [-0.25, -0.2) is 27.7 Å². The van der Waals surface area contributed by atoms with E-state index in [1.54, 1.807) is 5.32 Å². The molecule has 0 aliphatic carbocycles. The maximum Gasteiger partial charge on any atom is 0.439 e.